The van der Waals surface area contributed by atoms with Gasteiger partial charge in [-0.25, -0.2) is 0 Å². The zero-order valence-electron chi connectivity index (χ0n) is 18.3. The van der Waals surface area contributed by atoms with Crippen LogP contribution in [0.4, 0.5) is 0 Å². The number of piperazine rings is 1. The van der Waals surface area contributed by atoms with Crippen LogP contribution in [0.15, 0.2) is 36.5 Å². The second-order valence-electron chi connectivity index (χ2n) is 7.72. The predicted molar refractivity (Wildman–Crippen MR) is 120 cm³/mol. The number of hydrogen-bond acceptors (Lipinski definition) is 7. The van der Waals surface area contributed by atoms with Crippen molar-refractivity contribution in [2.45, 2.75) is 37.9 Å². The molecule has 3 rings (SSSR count). The van der Waals surface area contributed by atoms with Crippen molar-refractivity contribution in [1.29, 1.82) is 0 Å². The fourth-order valence-corrected chi connectivity index (χ4v) is 3.80. The number of aldehydes is 2. The lowest BCUT2D eigenvalue weighted by Gasteiger charge is -2.37. The Bertz CT molecular complexity index is 1040. The van der Waals surface area contributed by atoms with E-state index in [9.17, 15) is 24.0 Å². The Morgan fingerprint density at radius 1 is 1.21 bits per heavy atom. The number of amides is 3. The first-order chi connectivity index (χ1) is 16.0. The molecule has 0 saturated carbocycles. The second-order valence-corrected chi connectivity index (χ2v) is 7.72. The van der Waals surface area contributed by atoms with E-state index in [0.29, 0.717) is 30.9 Å². The van der Waals surface area contributed by atoms with Gasteiger partial charge in [0, 0.05) is 37.6 Å². The maximum absolute atomic E-state index is 13.3. The van der Waals surface area contributed by atoms with Crippen LogP contribution in [0.2, 0.25) is 0 Å². The lowest BCUT2D eigenvalue weighted by Crippen LogP contribution is -2.63. The van der Waals surface area contributed by atoms with Crippen molar-refractivity contribution in [3.8, 4) is 0 Å². The van der Waals surface area contributed by atoms with Gasteiger partial charge in [-0.1, -0.05) is 31.2 Å². The molecular weight excluding hydrogens is 426 g/mol. The summed E-state index contributed by atoms with van der Waals surface area (Å²) in [4.78, 5) is 66.4. The predicted octanol–water partition coefficient (Wildman–Crippen LogP) is -0.184. The average Bonchev–Trinajstić information content (AvgIpc) is 2.85. The Hall–Kier alpha value is -3.66. The number of carbonyl (C=O) groups is 5. The number of rotatable bonds is 9. The first-order valence-electron chi connectivity index (χ1n) is 10.8. The molecule has 2 aromatic rings. The van der Waals surface area contributed by atoms with Crippen LogP contribution in [0.3, 0.4) is 0 Å². The lowest BCUT2D eigenvalue weighted by molar-refractivity contribution is -0.143. The average molecular weight is 453 g/mol. The minimum atomic E-state index is -0.951. The highest BCUT2D eigenvalue weighted by Gasteiger charge is 2.36. The third kappa shape index (κ3) is 5.58. The van der Waals surface area contributed by atoms with Gasteiger partial charge in [0.05, 0.1) is 6.04 Å². The molecular formula is C23H27N5O5. The van der Waals surface area contributed by atoms with E-state index in [1.54, 1.807) is 25.3 Å². The molecule has 2 heterocycles. The Kier molecular flexibility index (Phi) is 8.20. The summed E-state index contributed by atoms with van der Waals surface area (Å²) in [6.45, 7) is 2.70. The van der Waals surface area contributed by atoms with Crippen LogP contribution in [-0.2, 0) is 19.2 Å². The van der Waals surface area contributed by atoms with Crippen LogP contribution in [0.1, 0.15) is 30.3 Å². The molecule has 0 spiro atoms. The molecule has 10 nitrogen and oxygen atoms in total. The molecule has 3 amide bonds. The fourth-order valence-electron chi connectivity index (χ4n) is 3.80. The lowest BCUT2D eigenvalue weighted by atomic mass is 10.1. The topological polar surface area (TPSA) is 138 Å². The molecule has 1 aliphatic heterocycles. The van der Waals surface area contributed by atoms with Crippen LogP contribution in [0, 0.1) is 0 Å². The summed E-state index contributed by atoms with van der Waals surface area (Å²) in [6.07, 6.45) is 2.75. The number of aromatic nitrogens is 1. The van der Waals surface area contributed by atoms with E-state index >= 15 is 0 Å². The zero-order chi connectivity index (χ0) is 23.8. The molecule has 10 heteroatoms. The zero-order valence-corrected chi connectivity index (χ0v) is 18.3. The van der Waals surface area contributed by atoms with Gasteiger partial charge in [-0.15, -0.1) is 0 Å². The fraction of sp³-hybridized carbons (Fsp3) is 0.391. The second kappa shape index (κ2) is 11.3. The largest absolute Gasteiger partial charge is 0.344 e. The minimum Gasteiger partial charge on any atom is -0.344 e. The van der Waals surface area contributed by atoms with Gasteiger partial charge in [-0.3, -0.25) is 19.4 Å². The van der Waals surface area contributed by atoms with Gasteiger partial charge >= 0.3 is 0 Å². The van der Waals surface area contributed by atoms with E-state index in [2.05, 4.69) is 20.9 Å². The molecule has 0 bridgehead atoms. The number of fused-ring (bicyclic) bond motifs is 1. The molecule has 1 aromatic heterocycles. The normalized spacial score (nSPS) is 17.6. The summed E-state index contributed by atoms with van der Waals surface area (Å²) in [6, 6.07) is 6.46. The van der Waals surface area contributed by atoms with Gasteiger partial charge in [0.1, 0.15) is 30.3 Å². The highest BCUT2D eigenvalue weighted by atomic mass is 16.2. The number of nitrogens with zero attached hydrogens (tertiary/aromatic N) is 2. The number of pyridine rings is 1. The minimum absolute atomic E-state index is 0.144. The van der Waals surface area contributed by atoms with E-state index in [1.807, 2.05) is 18.2 Å². The van der Waals surface area contributed by atoms with E-state index in [-0.39, 0.29) is 25.2 Å². The molecule has 1 aromatic carbocycles. The summed E-state index contributed by atoms with van der Waals surface area (Å²) in [5, 5.41) is 9.84. The third-order valence-electron chi connectivity index (χ3n) is 5.57. The maximum Gasteiger partial charge on any atom is 0.271 e. The van der Waals surface area contributed by atoms with E-state index in [4.69, 9.17) is 0 Å². The van der Waals surface area contributed by atoms with Crippen molar-refractivity contribution in [2.75, 3.05) is 19.6 Å². The van der Waals surface area contributed by atoms with Crippen molar-refractivity contribution in [3.05, 3.63) is 42.2 Å². The molecule has 3 atom stereocenters. The van der Waals surface area contributed by atoms with Crippen molar-refractivity contribution >= 4 is 41.1 Å². The molecule has 1 saturated heterocycles. The Balaban J connectivity index is 1.75. The molecule has 174 valence electrons. The molecule has 1 aliphatic rings. The van der Waals surface area contributed by atoms with Gasteiger partial charge < -0.3 is 30.4 Å². The summed E-state index contributed by atoms with van der Waals surface area (Å²) >= 11 is 0. The first kappa shape index (κ1) is 24.0. The summed E-state index contributed by atoms with van der Waals surface area (Å²) in [5.41, 5.74) is 0.219. The van der Waals surface area contributed by atoms with Crippen LogP contribution in [-0.4, -0.2) is 77.9 Å². The van der Waals surface area contributed by atoms with Crippen molar-refractivity contribution < 1.29 is 24.0 Å². The number of hydrogen-bond donors (Lipinski definition) is 3. The van der Waals surface area contributed by atoms with Gasteiger partial charge in [0.2, 0.25) is 11.8 Å². The van der Waals surface area contributed by atoms with Gasteiger partial charge in [-0.05, 0) is 17.9 Å². The summed E-state index contributed by atoms with van der Waals surface area (Å²) in [7, 11) is 0. The molecule has 33 heavy (non-hydrogen) atoms. The van der Waals surface area contributed by atoms with Crippen molar-refractivity contribution in [1.82, 2.24) is 25.8 Å². The number of nitrogens with one attached hydrogen (secondary N) is 3. The summed E-state index contributed by atoms with van der Waals surface area (Å²) < 4.78 is 0. The molecule has 1 unspecified atom stereocenters. The van der Waals surface area contributed by atoms with E-state index in [1.165, 1.54) is 4.90 Å². The molecule has 3 N–H and O–H groups in total. The molecule has 0 aliphatic carbocycles. The van der Waals surface area contributed by atoms with E-state index in [0.717, 1.165) is 5.39 Å². The summed E-state index contributed by atoms with van der Waals surface area (Å²) in [5.74, 6) is -1.41. The highest BCUT2D eigenvalue weighted by molar-refractivity contribution is 6.06. The van der Waals surface area contributed by atoms with Gasteiger partial charge in [0.15, 0.2) is 0 Å². The van der Waals surface area contributed by atoms with Gasteiger partial charge in [0.25, 0.3) is 5.91 Å². The molecule has 0 radical (unpaired) electrons. The van der Waals surface area contributed by atoms with Crippen LogP contribution in [0.5, 0.6) is 0 Å². The number of carbonyl (C=O) groups excluding carboxylic acids is 5. The van der Waals surface area contributed by atoms with Crippen LogP contribution >= 0.6 is 0 Å². The van der Waals surface area contributed by atoms with Crippen LogP contribution < -0.4 is 16.0 Å². The maximum atomic E-state index is 13.3. The van der Waals surface area contributed by atoms with Crippen molar-refractivity contribution in [2.24, 2.45) is 0 Å². The Labute approximate surface area is 191 Å². The first-order valence-corrected chi connectivity index (χ1v) is 10.8. The monoisotopic (exact) mass is 453 g/mol. The standard InChI is InChI=1S/C23H27N5O5/c1-2-18(27-22(32)20-17-6-4-3-5-15(17)7-9-25-20)23(33)28-11-10-24-13-19(28)21(31)26-16(14-30)8-12-29/h3-7,9,12,14,16,18-19,24H,2,8,10-11,13H2,1H3,(H,26,31)(H,27,32)/t16-,18-,19?/m0/s1. The Morgan fingerprint density at radius 3 is 2.73 bits per heavy atom. The Morgan fingerprint density at radius 2 is 2.00 bits per heavy atom. The van der Waals surface area contributed by atoms with E-state index < -0.39 is 35.8 Å². The number of benzene rings is 1. The third-order valence-corrected chi connectivity index (χ3v) is 5.57. The quantitative estimate of drug-likeness (QED) is 0.448. The smallest absolute Gasteiger partial charge is 0.271 e. The van der Waals surface area contributed by atoms with Crippen molar-refractivity contribution in [3.63, 3.8) is 0 Å². The van der Waals surface area contributed by atoms with Crippen LogP contribution in [0.25, 0.3) is 10.8 Å². The SMILES string of the molecule is CC[C@H](NC(=O)c1nccc2ccccc12)C(=O)N1CCNCC1C(=O)N[C@H](C=O)CC=O. The van der Waals surface area contributed by atoms with Gasteiger partial charge in [-0.2, -0.15) is 0 Å². The highest BCUT2D eigenvalue weighted by Crippen LogP contribution is 2.17. The molecule has 1 fully saturated rings.